The molecule has 1 saturated heterocycles. The second-order valence-electron chi connectivity index (χ2n) is 8.50. The van der Waals surface area contributed by atoms with Gasteiger partial charge >= 0.3 is 5.97 Å². The minimum atomic E-state index is -1.54. The molecule has 2 aliphatic rings. The van der Waals surface area contributed by atoms with E-state index in [0.29, 0.717) is 25.3 Å². The number of carbonyl (C=O) groups is 2. The van der Waals surface area contributed by atoms with Gasteiger partial charge in [0.25, 0.3) is 5.91 Å². The molecule has 166 valence electrons. The Balaban J connectivity index is 1.57. The number of aliphatic carboxylic acids is 1. The summed E-state index contributed by atoms with van der Waals surface area (Å²) in [7, 11) is 0. The van der Waals surface area contributed by atoms with Crippen LogP contribution in [-0.4, -0.2) is 46.4 Å². The monoisotopic (exact) mass is 420 g/mol. The SMILES string of the molecule is O=C(O)CCCCCCN1C(=O)C(F)CN1c1ccc(C(O)C2CCCCC2)cc1. The van der Waals surface area contributed by atoms with Gasteiger partial charge in [0.1, 0.15) is 0 Å². The van der Waals surface area contributed by atoms with E-state index >= 15 is 0 Å². The molecule has 1 saturated carbocycles. The van der Waals surface area contributed by atoms with Gasteiger partial charge in [-0.15, -0.1) is 0 Å². The van der Waals surface area contributed by atoms with Gasteiger partial charge in [0, 0.05) is 13.0 Å². The van der Waals surface area contributed by atoms with Crippen LogP contribution in [0, 0.1) is 5.92 Å². The van der Waals surface area contributed by atoms with E-state index in [1.807, 2.05) is 24.3 Å². The quantitative estimate of drug-likeness (QED) is 0.554. The zero-order valence-electron chi connectivity index (χ0n) is 17.5. The summed E-state index contributed by atoms with van der Waals surface area (Å²) in [6.07, 6.45) is 6.70. The second kappa shape index (κ2) is 10.8. The molecule has 0 aromatic heterocycles. The van der Waals surface area contributed by atoms with Gasteiger partial charge in [-0.05, 0) is 49.3 Å². The molecule has 2 N–H and O–H groups in total. The molecule has 0 spiro atoms. The summed E-state index contributed by atoms with van der Waals surface area (Å²) in [5.41, 5.74) is 1.62. The Hall–Kier alpha value is -2.15. The van der Waals surface area contributed by atoms with Crippen molar-refractivity contribution >= 4 is 17.6 Å². The molecule has 2 atom stereocenters. The van der Waals surface area contributed by atoms with Gasteiger partial charge < -0.3 is 10.2 Å². The highest BCUT2D eigenvalue weighted by Gasteiger charge is 2.38. The van der Waals surface area contributed by atoms with Gasteiger partial charge in [0.2, 0.25) is 0 Å². The third kappa shape index (κ3) is 5.72. The first-order chi connectivity index (χ1) is 14.5. The number of hydrogen-bond acceptors (Lipinski definition) is 4. The largest absolute Gasteiger partial charge is 0.481 e. The predicted octanol–water partition coefficient (Wildman–Crippen LogP) is 4.24. The van der Waals surface area contributed by atoms with Crippen LogP contribution in [0.5, 0.6) is 0 Å². The molecule has 1 aliphatic carbocycles. The van der Waals surface area contributed by atoms with Gasteiger partial charge in [-0.25, -0.2) is 4.39 Å². The number of aliphatic hydroxyl groups is 1. The van der Waals surface area contributed by atoms with E-state index in [4.69, 9.17) is 5.11 Å². The van der Waals surface area contributed by atoms with Crippen LogP contribution in [0.25, 0.3) is 0 Å². The number of carboxylic acid groups (broad SMARTS) is 1. The molecular weight excluding hydrogens is 387 g/mol. The Labute approximate surface area is 177 Å². The van der Waals surface area contributed by atoms with Crippen molar-refractivity contribution in [2.75, 3.05) is 18.1 Å². The van der Waals surface area contributed by atoms with Crippen molar-refractivity contribution in [3.05, 3.63) is 29.8 Å². The molecule has 0 bridgehead atoms. The zero-order valence-corrected chi connectivity index (χ0v) is 17.5. The molecular formula is C23H33FN2O4. The first-order valence-corrected chi connectivity index (χ1v) is 11.2. The number of alkyl halides is 1. The van der Waals surface area contributed by atoms with E-state index in [9.17, 15) is 19.1 Å². The lowest BCUT2D eigenvalue weighted by Gasteiger charge is -2.30. The van der Waals surface area contributed by atoms with Gasteiger partial charge in [0.15, 0.2) is 6.17 Å². The first-order valence-electron chi connectivity index (χ1n) is 11.2. The number of hydrogen-bond donors (Lipinski definition) is 2. The Morgan fingerprint density at radius 3 is 2.40 bits per heavy atom. The highest BCUT2D eigenvalue weighted by Crippen LogP contribution is 2.35. The smallest absolute Gasteiger partial charge is 0.303 e. The fourth-order valence-electron chi connectivity index (χ4n) is 4.54. The number of carbonyl (C=O) groups excluding carboxylic acids is 1. The average Bonchev–Trinajstić information content (AvgIpc) is 3.04. The van der Waals surface area contributed by atoms with Crippen LogP contribution >= 0.6 is 0 Å². The highest BCUT2D eigenvalue weighted by atomic mass is 19.1. The van der Waals surface area contributed by atoms with Gasteiger partial charge in [-0.2, -0.15) is 0 Å². The lowest BCUT2D eigenvalue weighted by Crippen LogP contribution is -2.40. The fraction of sp³-hybridized carbons (Fsp3) is 0.652. The Morgan fingerprint density at radius 2 is 1.73 bits per heavy atom. The maximum Gasteiger partial charge on any atom is 0.303 e. The average molecular weight is 421 g/mol. The van der Waals surface area contributed by atoms with E-state index in [1.54, 1.807) is 5.01 Å². The number of nitrogens with zero attached hydrogens (tertiary/aromatic N) is 2. The molecule has 1 aromatic carbocycles. The van der Waals surface area contributed by atoms with Crippen LogP contribution in [0.3, 0.4) is 0 Å². The van der Waals surface area contributed by atoms with Crippen LogP contribution in [-0.2, 0) is 9.59 Å². The van der Waals surface area contributed by atoms with Crippen LogP contribution < -0.4 is 5.01 Å². The number of unbranched alkanes of at least 4 members (excludes halogenated alkanes) is 3. The first kappa shape index (κ1) is 22.5. The van der Waals surface area contributed by atoms with Crippen LogP contribution in [0.2, 0.25) is 0 Å². The number of anilines is 1. The highest BCUT2D eigenvalue weighted by molar-refractivity contribution is 5.86. The summed E-state index contributed by atoms with van der Waals surface area (Å²) in [5, 5.41) is 22.5. The maximum absolute atomic E-state index is 14.1. The van der Waals surface area contributed by atoms with Crippen molar-refractivity contribution in [1.82, 2.24) is 5.01 Å². The van der Waals surface area contributed by atoms with Crippen molar-refractivity contribution in [2.45, 2.75) is 76.5 Å². The number of aliphatic hydroxyl groups excluding tert-OH is 1. The minimum Gasteiger partial charge on any atom is -0.481 e. The molecule has 1 aliphatic heterocycles. The van der Waals surface area contributed by atoms with Crippen LogP contribution in [0.4, 0.5) is 10.1 Å². The number of rotatable bonds is 10. The van der Waals surface area contributed by atoms with Crippen molar-refractivity contribution in [1.29, 1.82) is 0 Å². The van der Waals surface area contributed by atoms with Crippen molar-refractivity contribution in [3.63, 3.8) is 0 Å². The number of carboxylic acids is 1. The summed E-state index contributed by atoms with van der Waals surface area (Å²) in [6, 6.07) is 7.47. The molecule has 1 heterocycles. The molecule has 1 amide bonds. The number of benzene rings is 1. The summed E-state index contributed by atoms with van der Waals surface area (Å²) in [4.78, 5) is 22.8. The molecule has 6 nitrogen and oxygen atoms in total. The zero-order chi connectivity index (χ0) is 21.5. The number of amides is 1. The third-order valence-electron chi connectivity index (χ3n) is 6.29. The molecule has 2 fully saturated rings. The lowest BCUT2D eigenvalue weighted by atomic mass is 9.83. The van der Waals surface area contributed by atoms with E-state index in [0.717, 1.165) is 36.9 Å². The maximum atomic E-state index is 14.1. The number of hydrazine groups is 1. The normalized spacial score (nSPS) is 21.3. The van der Waals surface area contributed by atoms with E-state index in [1.165, 1.54) is 24.3 Å². The number of halogens is 1. The van der Waals surface area contributed by atoms with E-state index in [-0.39, 0.29) is 13.0 Å². The third-order valence-corrected chi connectivity index (χ3v) is 6.29. The van der Waals surface area contributed by atoms with Crippen molar-refractivity contribution < 1.29 is 24.2 Å². The molecule has 0 radical (unpaired) electrons. The Morgan fingerprint density at radius 1 is 1.07 bits per heavy atom. The topological polar surface area (TPSA) is 81.1 Å². The van der Waals surface area contributed by atoms with Crippen molar-refractivity contribution in [3.8, 4) is 0 Å². The van der Waals surface area contributed by atoms with Crippen molar-refractivity contribution in [2.24, 2.45) is 5.92 Å². The van der Waals surface area contributed by atoms with Gasteiger partial charge in [0.05, 0.1) is 18.3 Å². The summed E-state index contributed by atoms with van der Waals surface area (Å²) >= 11 is 0. The Kier molecular flexibility index (Phi) is 8.08. The standard InChI is InChI=1S/C23H33FN2O4/c24-20-16-26(25(23(20)30)15-7-2-1-6-10-21(27)28)19-13-11-18(12-14-19)22(29)17-8-4-3-5-9-17/h11-14,17,20,22,29H,1-10,15-16H2,(H,27,28). The summed E-state index contributed by atoms with van der Waals surface area (Å²) in [5.74, 6) is -1.02. The molecule has 1 aromatic rings. The second-order valence-corrected chi connectivity index (χ2v) is 8.50. The Bertz CT molecular complexity index is 706. The van der Waals surface area contributed by atoms with Crippen LogP contribution in [0.15, 0.2) is 24.3 Å². The molecule has 3 rings (SSSR count). The molecule has 7 heteroatoms. The predicted molar refractivity (Wildman–Crippen MR) is 113 cm³/mol. The lowest BCUT2D eigenvalue weighted by molar-refractivity contribution is -0.137. The van der Waals surface area contributed by atoms with Gasteiger partial charge in [-0.3, -0.25) is 19.6 Å². The summed E-state index contributed by atoms with van der Waals surface area (Å²) in [6.45, 7) is 0.418. The fourth-order valence-corrected chi connectivity index (χ4v) is 4.54. The summed E-state index contributed by atoms with van der Waals surface area (Å²) < 4.78 is 14.1. The molecule has 30 heavy (non-hydrogen) atoms. The van der Waals surface area contributed by atoms with Crippen LogP contribution in [0.1, 0.15) is 75.9 Å². The van der Waals surface area contributed by atoms with Gasteiger partial charge in [-0.1, -0.05) is 44.2 Å². The minimum absolute atomic E-state index is 0.00235. The van der Waals surface area contributed by atoms with E-state index in [2.05, 4.69) is 0 Å². The van der Waals surface area contributed by atoms with E-state index < -0.39 is 24.2 Å². The molecule has 2 unspecified atom stereocenters.